The van der Waals surface area contributed by atoms with Gasteiger partial charge in [-0.25, -0.2) is 4.57 Å². The second-order valence-corrected chi connectivity index (χ2v) is 14.0. The van der Waals surface area contributed by atoms with Gasteiger partial charge < -0.3 is 19.8 Å². The fraction of sp³-hybridized carbons (Fsp3) is 0.848. The summed E-state index contributed by atoms with van der Waals surface area (Å²) in [5, 5.41) is 13.6. The van der Waals surface area contributed by atoms with Crippen molar-refractivity contribution in [1.29, 1.82) is 0 Å². The average molecular weight is 618 g/mol. The van der Waals surface area contributed by atoms with Crippen molar-refractivity contribution in [3.05, 3.63) is 24.3 Å². The van der Waals surface area contributed by atoms with Crippen LogP contribution in [0.25, 0.3) is 0 Å². The fourth-order valence-corrected chi connectivity index (χ4v) is 5.14. The van der Waals surface area contributed by atoms with Crippen LogP contribution >= 0.6 is 7.82 Å². The Hall–Kier alpha value is -1.02. The molecule has 0 rings (SSSR count). The van der Waals surface area contributed by atoms with Crippen molar-refractivity contribution < 1.29 is 32.9 Å². The summed E-state index contributed by atoms with van der Waals surface area (Å²) < 4.78 is 23.2. The molecule has 0 bridgehead atoms. The van der Waals surface area contributed by atoms with Gasteiger partial charge in [-0.05, 0) is 32.1 Å². The van der Waals surface area contributed by atoms with Crippen molar-refractivity contribution >= 4 is 13.7 Å². The van der Waals surface area contributed by atoms with Gasteiger partial charge in [0.05, 0.1) is 39.9 Å². The molecular formula is C33H66N2O6P+. The van der Waals surface area contributed by atoms with Crippen molar-refractivity contribution in [2.24, 2.45) is 0 Å². The lowest BCUT2D eigenvalue weighted by atomic mass is 10.1. The number of quaternary nitrogens is 1. The smallest absolute Gasteiger partial charge is 0.387 e. The Kier molecular flexibility index (Phi) is 25.7. The summed E-state index contributed by atoms with van der Waals surface area (Å²) in [5.74, 6) is -0.203. The number of nitrogens with zero attached hydrogens (tertiary/aromatic N) is 1. The topological polar surface area (TPSA) is 105 Å². The van der Waals surface area contributed by atoms with Crippen molar-refractivity contribution in [1.82, 2.24) is 5.32 Å². The highest BCUT2D eigenvalue weighted by Crippen LogP contribution is 2.43. The number of carbonyl (C=O) groups is 1. The minimum atomic E-state index is -4.32. The number of carbonyl (C=O) groups excluding carboxylic acids is 1. The van der Waals surface area contributed by atoms with E-state index < -0.39 is 20.0 Å². The molecule has 9 heteroatoms. The average Bonchev–Trinajstić information content (AvgIpc) is 2.92. The SMILES string of the molecule is CCCCCCCCCCC/C=C/CC/C=C/C(O)C(COP(=O)(O)OCC[N+](C)(C)C)NC(=O)CCCCCCC. The van der Waals surface area contributed by atoms with Crippen LogP contribution in [0.2, 0.25) is 0 Å². The normalized spacial score (nSPS) is 15.3. The molecule has 42 heavy (non-hydrogen) atoms. The molecule has 0 aromatic carbocycles. The highest BCUT2D eigenvalue weighted by Gasteiger charge is 2.27. The number of amides is 1. The van der Waals surface area contributed by atoms with Gasteiger partial charge in [0.2, 0.25) is 5.91 Å². The van der Waals surface area contributed by atoms with E-state index >= 15 is 0 Å². The maximum absolute atomic E-state index is 12.5. The zero-order valence-corrected chi connectivity index (χ0v) is 28.6. The molecule has 0 radical (unpaired) electrons. The number of aliphatic hydroxyl groups is 1. The number of hydrogen-bond donors (Lipinski definition) is 3. The van der Waals surface area contributed by atoms with Crippen LogP contribution in [0.1, 0.15) is 129 Å². The predicted molar refractivity (Wildman–Crippen MR) is 175 cm³/mol. The second-order valence-electron chi connectivity index (χ2n) is 12.5. The number of allylic oxidation sites excluding steroid dienone is 3. The Balaban J connectivity index is 4.56. The number of unbranched alkanes of at least 4 members (excludes halogenated alkanes) is 14. The van der Waals surface area contributed by atoms with Gasteiger partial charge in [0, 0.05) is 6.42 Å². The molecule has 0 fully saturated rings. The minimum Gasteiger partial charge on any atom is -0.387 e. The van der Waals surface area contributed by atoms with Crippen molar-refractivity contribution in [2.75, 3.05) is 40.9 Å². The molecule has 248 valence electrons. The summed E-state index contributed by atoms with van der Waals surface area (Å²) in [6, 6.07) is -0.853. The van der Waals surface area contributed by atoms with Gasteiger partial charge >= 0.3 is 7.82 Å². The van der Waals surface area contributed by atoms with E-state index in [1.807, 2.05) is 27.2 Å². The molecule has 0 heterocycles. The molecule has 0 aromatic heterocycles. The van der Waals surface area contributed by atoms with Crippen LogP contribution in [-0.2, 0) is 18.4 Å². The fourth-order valence-electron chi connectivity index (χ4n) is 4.41. The Bertz CT molecular complexity index is 753. The van der Waals surface area contributed by atoms with Crippen molar-refractivity contribution in [3.63, 3.8) is 0 Å². The van der Waals surface area contributed by atoms with E-state index in [2.05, 4.69) is 31.3 Å². The molecule has 0 saturated carbocycles. The summed E-state index contributed by atoms with van der Waals surface area (Å²) in [6.07, 6.45) is 27.1. The van der Waals surface area contributed by atoms with Gasteiger partial charge in [0.15, 0.2) is 0 Å². The van der Waals surface area contributed by atoms with E-state index in [-0.39, 0.29) is 19.1 Å². The molecule has 3 unspecified atom stereocenters. The van der Waals surface area contributed by atoms with E-state index in [0.717, 1.165) is 51.4 Å². The first-order chi connectivity index (χ1) is 20.0. The van der Waals surface area contributed by atoms with E-state index in [9.17, 15) is 19.4 Å². The summed E-state index contributed by atoms with van der Waals surface area (Å²) in [4.78, 5) is 22.6. The van der Waals surface area contributed by atoms with Gasteiger partial charge in [-0.3, -0.25) is 13.8 Å². The lowest BCUT2D eigenvalue weighted by Crippen LogP contribution is -2.45. The van der Waals surface area contributed by atoms with Crippen LogP contribution in [0.5, 0.6) is 0 Å². The molecule has 3 atom stereocenters. The third kappa shape index (κ3) is 27.8. The molecule has 0 aromatic rings. The van der Waals surface area contributed by atoms with Crippen LogP contribution in [-0.4, -0.2) is 73.4 Å². The zero-order chi connectivity index (χ0) is 31.5. The minimum absolute atomic E-state index is 0.0567. The lowest BCUT2D eigenvalue weighted by Gasteiger charge is -2.25. The third-order valence-corrected chi connectivity index (χ3v) is 8.16. The summed E-state index contributed by atoms with van der Waals surface area (Å²) >= 11 is 0. The maximum Gasteiger partial charge on any atom is 0.472 e. The summed E-state index contributed by atoms with van der Waals surface area (Å²) in [7, 11) is 1.55. The molecule has 0 aliphatic rings. The highest BCUT2D eigenvalue weighted by molar-refractivity contribution is 7.47. The van der Waals surface area contributed by atoms with Crippen LogP contribution in [0.15, 0.2) is 24.3 Å². The highest BCUT2D eigenvalue weighted by atomic mass is 31.2. The van der Waals surface area contributed by atoms with E-state index in [0.29, 0.717) is 17.4 Å². The first-order valence-electron chi connectivity index (χ1n) is 16.7. The number of nitrogens with one attached hydrogen (secondary N) is 1. The number of rotatable bonds is 29. The lowest BCUT2D eigenvalue weighted by molar-refractivity contribution is -0.870. The molecule has 1 amide bonds. The van der Waals surface area contributed by atoms with Gasteiger partial charge in [0.1, 0.15) is 13.2 Å². The number of phosphoric acid groups is 1. The second kappa shape index (κ2) is 26.4. The Labute approximate surface area is 258 Å². The monoisotopic (exact) mass is 617 g/mol. The van der Waals surface area contributed by atoms with E-state index in [1.165, 1.54) is 57.8 Å². The molecule has 0 aliphatic heterocycles. The van der Waals surface area contributed by atoms with Crippen LogP contribution < -0.4 is 5.32 Å². The van der Waals surface area contributed by atoms with Gasteiger partial charge in [-0.1, -0.05) is 115 Å². The number of likely N-dealkylation sites (N-methyl/N-ethyl adjacent to an activating group) is 1. The zero-order valence-electron chi connectivity index (χ0n) is 27.7. The maximum atomic E-state index is 12.5. The van der Waals surface area contributed by atoms with E-state index in [4.69, 9.17) is 9.05 Å². The molecule has 0 spiro atoms. The van der Waals surface area contributed by atoms with Gasteiger partial charge in [-0.2, -0.15) is 0 Å². The Morgan fingerprint density at radius 1 is 0.786 bits per heavy atom. The quantitative estimate of drug-likeness (QED) is 0.0342. The van der Waals surface area contributed by atoms with Crippen LogP contribution in [0.4, 0.5) is 0 Å². The van der Waals surface area contributed by atoms with Crippen molar-refractivity contribution in [3.8, 4) is 0 Å². The summed E-state index contributed by atoms with van der Waals surface area (Å²) in [5.41, 5.74) is 0. The summed E-state index contributed by atoms with van der Waals surface area (Å²) in [6.45, 7) is 4.66. The third-order valence-electron chi connectivity index (χ3n) is 7.17. The van der Waals surface area contributed by atoms with Crippen LogP contribution in [0, 0.1) is 0 Å². The molecule has 0 aliphatic carbocycles. The standard InChI is InChI=1S/C33H65N2O6P/c1-6-8-10-12-13-14-15-16-17-18-19-20-21-23-24-26-32(36)31(34-33(37)27-25-22-11-9-7-2)30-41-42(38,39)40-29-28-35(3,4)5/h19-20,24,26,31-32,36H,6-18,21-23,25,27-30H2,1-5H3,(H-,34,37,38,39)/p+1/b20-19+,26-24+. The number of aliphatic hydroxyl groups excluding tert-OH is 1. The van der Waals surface area contributed by atoms with Crippen molar-refractivity contribution in [2.45, 2.75) is 142 Å². The predicted octanol–water partition coefficient (Wildman–Crippen LogP) is 7.85. The first-order valence-corrected chi connectivity index (χ1v) is 18.2. The van der Waals surface area contributed by atoms with Gasteiger partial charge in [0.25, 0.3) is 0 Å². The molecule has 3 N–H and O–H groups in total. The molecular weight excluding hydrogens is 551 g/mol. The van der Waals surface area contributed by atoms with E-state index in [1.54, 1.807) is 6.08 Å². The Morgan fingerprint density at radius 2 is 1.31 bits per heavy atom. The first kappa shape index (κ1) is 41.0. The number of hydrogen-bond acceptors (Lipinski definition) is 5. The largest absolute Gasteiger partial charge is 0.472 e. The molecule has 0 saturated heterocycles. The van der Waals surface area contributed by atoms with Gasteiger partial charge in [-0.15, -0.1) is 0 Å². The Morgan fingerprint density at radius 3 is 1.90 bits per heavy atom. The number of phosphoric ester groups is 1. The van der Waals surface area contributed by atoms with Crippen LogP contribution in [0.3, 0.4) is 0 Å². The molecule has 8 nitrogen and oxygen atoms in total.